The van der Waals surface area contributed by atoms with E-state index in [0.717, 1.165) is 24.8 Å². The molecule has 1 unspecified atom stereocenters. The van der Waals surface area contributed by atoms with Crippen LogP contribution in [0, 0.1) is 15.5 Å². The predicted molar refractivity (Wildman–Crippen MR) is 58.9 cm³/mol. The number of rotatable bonds is 2. The second-order valence-electron chi connectivity index (χ2n) is 4.52. The van der Waals surface area contributed by atoms with E-state index in [-0.39, 0.29) is 17.8 Å². The summed E-state index contributed by atoms with van der Waals surface area (Å²) in [6.45, 7) is 5.95. The molecule has 0 heterocycles. The van der Waals surface area contributed by atoms with Crippen LogP contribution in [0.5, 0.6) is 0 Å². The van der Waals surface area contributed by atoms with Crippen molar-refractivity contribution in [3.63, 3.8) is 0 Å². The summed E-state index contributed by atoms with van der Waals surface area (Å²) in [6, 6.07) is -0.500. The molecule has 0 saturated carbocycles. The van der Waals surface area contributed by atoms with Gasteiger partial charge in [0.15, 0.2) is 0 Å². The lowest BCUT2D eigenvalue weighted by Crippen LogP contribution is -2.23. The van der Waals surface area contributed by atoms with Crippen LogP contribution in [0.25, 0.3) is 0 Å². The van der Waals surface area contributed by atoms with Gasteiger partial charge in [-0.2, -0.15) is 0 Å². The van der Waals surface area contributed by atoms with Gasteiger partial charge in [0.1, 0.15) is 0 Å². The summed E-state index contributed by atoms with van der Waals surface area (Å²) in [6.07, 6.45) is 5.20. The largest absolute Gasteiger partial charge is 0.264 e. The van der Waals surface area contributed by atoms with Crippen LogP contribution in [0.2, 0.25) is 0 Å². The summed E-state index contributed by atoms with van der Waals surface area (Å²) in [5, 5.41) is 10.6. The Morgan fingerprint density at radius 2 is 2.14 bits per heavy atom. The zero-order valence-corrected chi connectivity index (χ0v) is 8.54. The average Bonchev–Trinajstić information content (AvgIpc) is 2.01. The van der Waals surface area contributed by atoms with E-state index < -0.39 is 6.04 Å². The minimum Gasteiger partial charge on any atom is -0.264 e. The topological polar surface area (TPSA) is 43.1 Å². The first-order valence-corrected chi connectivity index (χ1v) is 4.77. The van der Waals surface area contributed by atoms with Crippen molar-refractivity contribution in [2.24, 2.45) is 5.41 Å². The summed E-state index contributed by atoms with van der Waals surface area (Å²) in [7, 11) is 0. The Bertz CT molecular complexity index is 244. The molecule has 0 saturated heterocycles. The second-order valence-corrected chi connectivity index (χ2v) is 4.52. The quantitative estimate of drug-likeness (QED) is 0.388. The molecule has 0 aromatic carbocycles. The molecule has 1 rings (SSSR count). The molecule has 3 nitrogen and oxygen atoms in total. The summed E-state index contributed by atoms with van der Waals surface area (Å²) in [4.78, 5) is 10.4. The average molecular weight is 199 g/mol. The van der Waals surface area contributed by atoms with Crippen molar-refractivity contribution in [3.8, 4) is 0 Å². The zero-order valence-electron chi connectivity index (χ0n) is 8.54. The van der Waals surface area contributed by atoms with Gasteiger partial charge in [-0.15, -0.1) is 0 Å². The van der Waals surface area contributed by atoms with Crippen molar-refractivity contribution in [2.45, 2.75) is 53.5 Å². The van der Waals surface area contributed by atoms with E-state index in [0.29, 0.717) is 0 Å². The highest BCUT2D eigenvalue weighted by Gasteiger charge is 2.27. The summed E-state index contributed by atoms with van der Waals surface area (Å²) >= 11 is 0. The van der Waals surface area contributed by atoms with Gasteiger partial charge in [0, 0.05) is 11.8 Å². The minimum atomic E-state index is -0.500. The van der Waals surface area contributed by atoms with Crippen molar-refractivity contribution in [2.75, 3.05) is 0 Å². The van der Waals surface area contributed by atoms with E-state index in [1.807, 2.05) is 0 Å². The van der Waals surface area contributed by atoms with Crippen LogP contribution < -0.4 is 0 Å². The van der Waals surface area contributed by atoms with Gasteiger partial charge in [-0.05, 0) is 30.3 Å². The lowest BCUT2D eigenvalue weighted by molar-refractivity contribution is -0.508. The standard InChI is InChI=1S/C10H17NO2.CH4/c1-8(11(12)13)9-5-4-6-10(2,3)7-9;/h7-8H,4-6H2,1-3H3;1H4. The maximum Gasteiger partial charge on any atom is 0.231 e. The first-order chi connectivity index (χ1) is 5.92. The fourth-order valence-electron chi connectivity index (χ4n) is 1.86. The molecule has 82 valence electrons. The zero-order chi connectivity index (χ0) is 10.1. The molecule has 0 N–H and O–H groups in total. The van der Waals surface area contributed by atoms with E-state index in [1.54, 1.807) is 6.92 Å². The van der Waals surface area contributed by atoms with Crippen molar-refractivity contribution < 1.29 is 4.92 Å². The number of hydrogen-bond acceptors (Lipinski definition) is 2. The van der Waals surface area contributed by atoms with E-state index in [9.17, 15) is 10.1 Å². The molecule has 0 aliphatic heterocycles. The molecule has 1 aliphatic rings. The summed E-state index contributed by atoms with van der Waals surface area (Å²) < 4.78 is 0. The Hall–Kier alpha value is -0.860. The van der Waals surface area contributed by atoms with E-state index in [2.05, 4.69) is 19.9 Å². The van der Waals surface area contributed by atoms with Crippen LogP contribution in [-0.2, 0) is 0 Å². The van der Waals surface area contributed by atoms with Gasteiger partial charge in [-0.25, -0.2) is 0 Å². The molecule has 0 fully saturated rings. The molecular weight excluding hydrogens is 178 g/mol. The van der Waals surface area contributed by atoms with Crippen LogP contribution >= 0.6 is 0 Å². The fourth-order valence-corrected chi connectivity index (χ4v) is 1.86. The van der Waals surface area contributed by atoms with E-state index in [1.165, 1.54) is 0 Å². The molecule has 0 bridgehead atoms. The van der Waals surface area contributed by atoms with Crippen molar-refractivity contribution in [3.05, 3.63) is 21.8 Å². The van der Waals surface area contributed by atoms with Crippen LogP contribution in [0.15, 0.2) is 11.6 Å². The first-order valence-electron chi connectivity index (χ1n) is 4.77. The van der Waals surface area contributed by atoms with Gasteiger partial charge in [-0.3, -0.25) is 10.1 Å². The Kier molecular flexibility index (Phi) is 4.30. The molecule has 0 spiro atoms. The third-order valence-corrected chi connectivity index (χ3v) is 2.72. The van der Waals surface area contributed by atoms with Crippen molar-refractivity contribution >= 4 is 0 Å². The lowest BCUT2D eigenvalue weighted by atomic mass is 9.78. The highest BCUT2D eigenvalue weighted by atomic mass is 16.6. The number of nitro groups is 1. The maximum atomic E-state index is 10.6. The van der Waals surface area contributed by atoms with Crippen molar-refractivity contribution in [1.82, 2.24) is 0 Å². The minimum absolute atomic E-state index is 0. The highest BCUT2D eigenvalue weighted by Crippen LogP contribution is 2.34. The molecule has 3 heteroatoms. The predicted octanol–water partition coefficient (Wildman–Crippen LogP) is 3.42. The highest BCUT2D eigenvalue weighted by molar-refractivity contribution is 5.14. The maximum absolute atomic E-state index is 10.6. The Balaban J connectivity index is 0.00000169. The van der Waals surface area contributed by atoms with Gasteiger partial charge >= 0.3 is 0 Å². The number of allylic oxidation sites excluding steroid dienone is 1. The molecule has 1 atom stereocenters. The molecular formula is C11H21NO2. The summed E-state index contributed by atoms with van der Waals surface area (Å²) in [5.74, 6) is 0. The Morgan fingerprint density at radius 1 is 1.57 bits per heavy atom. The SMILES string of the molecule is C.CC(C1=CC(C)(C)CCC1)[N+](=O)[O-]. The first kappa shape index (κ1) is 13.1. The van der Waals surface area contributed by atoms with Crippen LogP contribution in [-0.4, -0.2) is 11.0 Å². The molecule has 0 aromatic heterocycles. The number of hydrogen-bond donors (Lipinski definition) is 0. The Morgan fingerprint density at radius 3 is 2.57 bits per heavy atom. The third-order valence-electron chi connectivity index (χ3n) is 2.72. The molecule has 0 radical (unpaired) electrons. The van der Waals surface area contributed by atoms with Crippen LogP contribution in [0.1, 0.15) is 47.5 Å². The van der Waals surface area contributed by atoms with Crippen LogP contribution in [0.3, 0.4) is 0 Å². The third kappa shape index (κ3) is 3.13. The van der Waals surface area contributed by atoms with E-state index >= 15 is 0 Å². The lowest BCUT2D eigenvalue weighted by Gasteiger charge is -2.27. The molecule has 0 aromatic rings. The van der Waals surface area contributed by atoms with Crippen LogP contribution in [0.4, 0.5) is 0 Å². The van der Waals surface area contributed by atoms with Gasteiger partial charge in [-0.1, -0.05) is 27.4 Å². The van der Waals surface area contributed by atoms with Crippen molar-refractivity contribution in [1.29, 1.82) is 0 Å². The molecule has 14 heavy (non-hydrogen) atoms. The van der Waals surface area contributed by atoms with Gasteiger partial charge in [0.05, 0.1) is 0 Å². The number of nitrogens with zero attached hydrogens (tertiary/aromatic N) is 1. The van der Waals surface area contributed by atoms with Gasteiger partial charge in [0.25, 0.3) is 0 Å². The summed E-state index contributed by atoms with van der Waals surface area (Å²) in [5.41, 5.74) is 1.15. The normalized spacial score (nSPS) is 21.8. The molecule has 1 aliphatic carbocycles. The smallest absolute Gasteiger partial charge is 0.231 e. The monoisotopic (exact) mass is 199 g/mol. The fraction of sp³-hybridized carbons (Fsp3) is 0.818. The second kappa shape index (κ2) is 4.58. The molecule has 0 amide bonds. The van der Waals surface area contributed by atoms with Gasteiger partial charge in [0.2, 0.25) is 6.04 Å². The Labute approximate surface area is 86.4 Å². The van der Waals surface area contributed by atoms with Gasteiger partial charge < -0.3 is 0 Å². The van der Waals surface area contributed by atoms with E-state index in [4.69, 9.17) is 0 Å².